The summed E-state index contributed by atoms with van der Waals surface area (Å²) in [5, 5.41) is 2.92. The summed E-state index contributed by atoms with van der Waals surface area (Å²) in [6.45, 7) is 3.90. The van der Waals surface area contributed by atoms with E-state index in [1.807, 2.05) is 13.8 Å². The van der Waals surface area contributed by atoms with Crippen molar-refractivity contribution in [2.24, 2.45) is 0 Å². The number of amides is 1. The average Bonchev–Trinajstić information content (AvgIpc) is 2.38. The standard InChI is InChI=1S/C14H20ClNO3S/c1-4-14(2,8-9-15)16-13(17)11-6-5-7-12(10-11)20(3,18)19/h5-7,10H,4,8-9H2,1-3H3,(H,16,17). The number of nitrogens with one attached hydrogen (secondary N) is 1. The Labute approximate surface area is 125 Å². The van der Waals surface area contributed by atoms with Crippen molar-refractivity contribution in [3.05, 3.63) is 29.8 Å². The van der Waals surface area contributed by atoms with Crippen LogP contribution in [0.1, 0.15) is 37.0 Å². The average molecular weight is 318 g/mol. The molecule has 1 unspecified atom stereocenters. The highest BCUT2D eigenvalue weighted by atomic mass is 35.5. The van der Waals surface area contributed by atoms with Crippen LogP contribution >= 0.6 is 11.6 Å². The van der Waals surface area contributed by atoms with E-state index in [1.54, 1.807) is 12.1 Å². The highest BCUT2D eigenvalue weighted by Crippen LogP contribution is 2.17. The number of carbonyl (C=O) groups excluding carboxylic acids is 1. The summed E-state index contributed by atoms with van der Waals surface area (Å²) in [6, 6.07) is 6.03. The molecule has 0 aliphatic heterocycles. The fourth-order valence-corrected chi connectivity index (χ4v) is 2.83. The number of alkyl halides is 1. The van der Waals surface area contributed by atoms with Gasteiger partial charge in [0.05, 0.1) is 4.90 Å². The van der Waals surface area contributed by atoms with E-state index >= 15 is 0 Å². The van der Waals surface area contributed by atoms with Gasteiger partial charge in [-0.2, -0.15) is 0 Å². The SMILES string of the molecule is CCC(C)(CCCl)NC(=O)c1cccc(S(C)(=O)=O)c1. The van der Waals surface area contributed by atoms with E-state index in [2.05, 4.69) is 5.32 Å². The Morgan fingerprint density at radius 3 is 2.55 bits per heavy atom. The van der Waals surface area contributed by atoms with Gasteiger partial charge in [-0.25, -0.2) is 8.42 Å². The number of rotatable bonds is 6. The van der Waals surface area contributed by atoms with Gasteiger partial charge in [0, 0.05) is 23.2 Å². The zero-order valence-corrected chi connectivity index (χ0v) is 13.5. The van der Waals surface area contributed by atoms with Crippen LogP contribution in [0.25, 0.3) is 0 Å². The maximum Gasteiger partial charge on any atom is 0.251 e. The van der Waals surface area contributed by atoms with Gasteiger partial charge in [-0.15, -0.1) is 11.6 Å². The molecule has 20 heavy (non-hydrogen) atoms. The molecule has 0 radical (unpaired) electrons. The lowest BCUT2D eigenvalue weighted by Gasteiger charge is -2.29. The summed E-state index contributed by atoms with van der Waals surface area (Å²) < 4.78 is 23.0. The molecule has 1 amide bonds. The number of hydrogen-bond donors (Lipinski definition) is 1. The molecule has 1 rings (SSSR count). The first-order valence-electron chi connectivity index (χ1n) is 6.40. The van der Waals surface area contributed by atoms with E-state index in [0.29, 0.717) is 17.9 Å². The third-order valence-corrected chi connectivity index (χ3v) is 4.67. The molecular formula is C14H20ClNO3S. The first-order chi connectivity index (χ1) is 9.22. The highest BCUT2D eigenvalue weighted by molar-refractivity contribution is 7.90. The number of benzene rings is 1. The third kappa shape index (κ3) is 4.49. The highest BCUT2D eigenvalue weighted by Gasteiger charge is 2.24. The predicted octanol–water partition coefficient (Wildman–Crippen LogP) is 2.62. The molecule has 0 spiro atoms. The Bertz CT molecular complexity index is 586. The first kappa shape index (κ1) is 17.0. The fourth-order valence-electron chi connectivity index (χ4n) is 1.75. The monoisotopic (exact) mass is 317 g/mol. The van der Waals surface area contributed by atoms with Gasteiger partial charge in [0.2, 0.25) is 0 Å². The normalized spacial score (nSPS) is 14.6. The minimum atomic E-state index is -3.32. The van der Waals surface area contributed by atoms with Crippen molar-refractivity contribution in [1.82, 2.24) is 5.32 Å². The molecule has 4 nitrogen and oxygen atoms in total. The molecule has 0 saturated carbocycles. The Morgan fingerprint density at radius 2 is 2.05 bits per heavy atom. The van der Waals surface area contributed by atoms with Crippen molar-refractivity contribution in [2.45, 2.75) is 37.1 Å². The Balaban J connectivity index is 2.99. The number of sulfone groups is 1. The largest absolute Gasteiger partial charge is 0.347 e. The van der Waals surface area contributed by atoms with Gasteiger partial charge in [-0.3, -0.25) is 4.79 Å². The fraction of sp³-hybridized carbons (Fsp3) is 0.500. The summed E-state index contributed by atoms with van der Waals surface area (Å²) in [4.78, 5) is 12.4. The molecule has 6 heteroatoms. The van der Waals surface area contributed by atoms with Crippen LogP contribution in [0.15, 0.2) is 29.2 Å². The zero-order valence-electron chi connectivity index (χ0n) is 11.9. The molecule has 1 aromatic rings. The van der Waals surface area contributed by atoms with E-state index < -0.39 is 9.84 Å². The van der Waals surface area contributed by atoms with Crippen LogP contribution in [-0.4, -0.2) is 32.0 Å². The van der Waals surface area contributed by atoms with E-state index in [9.17, 15) is 13.2 Å². The summed E-state index contributed by atoms with van der Waals surface area (Å²) in [5.74, 6) is 0.165. The molecule has 0 bridgehead atoms. The van der Waals surface area contributed by atoms with Gasteiger partial charge in [-0.05, 0) is 38.0 Å². The van der Waals surface area contributed by atoms with E-state index in [-0.39, 0.29) is 16.3 Å². The molecule has 1 atom stereocenters. The lowest BCUT2D eigenvalue weighted by molar-refractivity contribution is 0.0901. The second-order valence-electron chi connectivity index (χ2n) is 5.11. The van der Waals surface area contributed by atoms with Crippen LogP contribution in [-0.2, 0) is 9.84 Å². The minimum Gasteiger partial charge on any atom is -0.347 e. The molecule has 0 fully saturated rings. The maximum atomic E-state index is 12.2. The molecule has 0 heterocycles. The van der Waals surface area contributed by atoms with Gasteiger partial charge in [-0.1, -0.05) is 13.0 Å². The smallest absolute Gasteiger partial charge is 0.251 e. The van der Waals surface area contributed by atoms with E-state index in [4.69, 9.17) is 11.6 Å². The Kier molecular flexibility index (Phi) is 5.59. The van der Waals surface area contributed by atoms with Gasteiger partial charge < -0.3 is 5.32 Å². The van der Waals surface area contributed by atoms with Crippen LogP contribution in [0.3, 0.4) is 0 Å². The van der Waals surface area contributed by atoms with Crippen LogP contribution in [0.5, 0.6) is 0 Å². The van der Waals surface area contributed by atoms with Gasteiger partial charge in [0.15, 0.2) is 9.84 Å². The molecule has 1 aromatic carbocycles. The van der Waals surface area contributed by atoms with Crippen molar-refractivity contribution < 1.29 is 13.2 Å². The lowest BCUT2D eigenvalue weighted by Crippen LogP contribution is -2.45. The summed E-state index contributed by atoms with van der Waals surface area (Å²) >= 11 is 5.75. The van der Waals surface area contributed by atoms with Crippen LogP contribution in [0, 0.1) is 0 Å². The molecule has 1 N–H and O–H groups in total. The predicted molar refractivity (Wildman–Crippen MR) is 81.1 cm³/mol. The topological polar surface area (TPSA) is 63.2 Å². The zero-order chi connectivity index (χ0) is 15.4. The van der Waals surface area contributed by atoms with Crippen LogP contribution in [0.4, 0.5) is 0 Å². The molecular weight excluding hydrogens is 298 g/mol. The summed E-state index contributed by atoms with van der Waals surface area (Å²) in [6.07, 6.45) is 2.52. The van der Waals surface area contributed by atoms with Crippen molar-refractivity contribution >= 4 is 27.3 Å². The van der Waals surface area contributed by atoms with Gasteiger partial charge in [0.1, 0.15) is 0 Å². The Morgan fingerprint density at radius 1 is 1.40 bits per heavy atom. The van der Waals surface area contributed by atoms with Gasteiger partial charge in [0.25, 0.3) is 5.91 Å². The minimum absolute atomic E-state index is 0.140. The molecule has 0 aliphatic carbocycles. The number of carbonyl (C=O) groups is 1. The lowest BCUT2D eigenvalue weighted by atomic mass is 9.95. The van der Waals surface area contributed by atoms with Crippen molar-refractivity contribution in [1.29, 1.82) is 0 Å². The second kappa shape index (κ2) is 6.59. The third-order valence-electron chi connectivity index (χ3n) is 3.37. The summed E-state index contributed by atoms with van der Waals surface area (Å²) in [7, 11) is -3.32. The van der Waals surface area contributed by atoms with Crippen LogP contribution in [0.2, 0.25) is 0 Å². The number of halogens is 1. The van der Waals surface area contributed by atoms with Crippen molar-refractivity contribution in [3.63, 3.8) is 0 Å². The quantitative estimate of drug-likeness (QED) is 0.820. The van der Waals surface area contributed by atoms with Gasteiger partial charge >= 0.3 is 0 Å². The molecule has 112 valence electrons. The summed E-state index contributed by atoms with van der Waals surface area (Å²) in [5.41, 5.74) is -0.0536. The Hall–Kier alpha value is -1.07. The molecule has 0 aliphatic rings. The van der Waals surface area contributed by atoms with E-state index in [1.165, 1.54) is 12.1 Å². The number of hydrogen-bond acceptors (Lipinski definition) is 3. The molecule has 0 aromatic heterocycles. The molecule has 0 saturated heterocycles. The van der Waals surface area contributed by atoms with Crippen LogP contribution < -0.4 is 5.32 Å². The van der Waals surface area contributed by atoms with Crippen molar-refractivity contribution in [2.75, 3.05) is 12.1 Å². The second-order valence-corrected chi connectivity index (χ2v) is 7.50. The van der Waals surface area contributed by atoms with E-state index in [0.717, 1.165) is 12.7 Å². The maximum absolute atomic E-state index is 12.2. The van der Waals surface area contributed by atoms with Crippen molar-refractivity contribution in [3.8, 4) is 0 Å². The first-order valence-corrected chi connectivity index (χ1v) is 8.83.